The molecular formula is C14H21N3O2. The van der Waals surface area contributed by atoms with Crippen LogP contribution in [0.25, 0.3) is 0 Å². The van der Waals surface area contributed by atoms with Crippen molar-refractivity contribution in [3.05, 3.63) is 18.2 Å². The number of nitrogens with zero attached hydrogens (tertiary/aromatic N) is 2. The highest BCUT2D eigenvalue weighted by atomic mass is 16.5. The zero-order valence-corrected chi connectivity index (χ0v) is 12.0. The summed E-state index contributed by atoms with van der Waals surface area (Å²) >= 11 is 0. The summed E-state index contributed by atoms with van der Waals surface area (Å²) in [6.45, 7) is 6.63. The van der Waals surface area contributed by atoms with E-state index < -0.39 is 0 Å². The van der Waals surface area contributed by atoms with E-state index >= 15 is 0 Å². The van der Waals surface area contributed by atoms with E-state index in [0.29, 0.717) is 12.3 Å². The number of amides is 1. The minimum absolute atomic E-state index is 0.00135. The Morgan fingerprint density at radius 3 is 2.37 bits per heavy atom. The number of hydrogen-bond donors (Lipinski definition) is 1. The summed E-state index contributed by atoms with van der Waals surface area (Å²) in [6.07, 6.45) is 5.09. The summed E-state index contributed by atoms with van der Waals surface area (Å²) in [6, 6.07) is 0. The highest BCUT2D eigenvalue weighted by Crippen LogP contribution is 2.46. The molecule has 0 atom stereocenters. The predicted molar refractivity (Wildman–Crippen MR) is 72.9 cm³/mol. The Morgan fingerprint density at radius 1 is 1.37 bits per heavy atom. The van der Waals surface area contributed by atoms with Gasteiger partial charge in [-0.1, -0.05) is 20.8 Å². The zero-order chi connectivity index (χ0) is 14.1. The van der Waals surface area contributed by atoms with Crippen molar-refractivity contribution >= 4 is 11.6 Å². The van der Waals surface area contributed by atoms with Gasteiger partial charge in [0.15, 0.2) is 0 Å². The van der Waals surface area contributed by atoms with Crippen LogP contribution in [0.3, 0.4) is 0 Å². The van der Waals surface area contributed by atoms with Crippen LogP contribution in [0.2, 0.25) is 0 Å². The van der Waals surface area contributed by atoms with Gasteiger partial charge in [0.2, 0.25) is 5.91 Å². The van der Waals surface area contributed by atoms with E-state index in [1.807, 2.05) is 0 Å². The van der Waals surface area contributed by atoms with E-state index in [1.165, 1.54) is 0 Å². The normalized spacial score (nSPS) is 17.1. The second-order valence-corrected chi connectivity index (χ2v) is 6.21. The lowest BCUT2D eigenvalue weighted by Gasteiger charge is -2.17. The lowest BCUT2D eigenvalue weighted by Crippen LogP contribution is -2.28. The molecule has 0 aliphatic heterocycles. The van der Waals surface area contributed by atoms with Crippen molar-refractivity contribution in [1.82, 2.24) is 9.97 Å². The Morgan fingerprint density at radius 2 is 1.95 bits per heavy atom. The molecule has 0 spiro atoms. The molecule has 0 bridgehead atoms. The molecule has 1 aromatic rings. The van der Waals surface area contributed by atoms with Crippen LogP contribution in [0.15, 0.2) is 12.4 Å². The molecule has 1 amide bonds. The molecule has 1 aromatic heterocycles. The van der Waals surface area contributed by atoms with Crippen LogP contribution in [-0.4, -0.2) is 29.6 Å². The standard InChI is InChI=1S/C14H21N3O2/c1-13(2,3)11-15-7-10(8-16-11)17-12(18)14(5-6-14)9-19-4/h7-8H,5-6,9H2,1-4H3,(H,17,18). The Kier molecular flexibility index (Phi) is 3.58. The number of rotatable bonds is 4. The Labute approximate surface area is 113 Å². The third kappa shape index (κ3) is 3.10. The van der Waals surface area contributed by atoms with Crippen LogP contribution < -0.4 is 5.32 Å². The molecule has 5 nitrogen and oxygen atoms in total. The molecule has 1 aliphatic rings. The average molecular weight is 263 g/mol. The average Bonchev–Trinajstić information content (AvgIpc) is 3.10. The Balaban J connectivity index is 2.02. The summed E-state index contributed by atoms with van der Waals surface area (Å²) in [5, 5.41) is 2.86. The molecule has 19 heavy (non-hydrogen) atoms. The van der Waals surface area contributed by atoms with E-state index in [9.17, 15) is 4.79 Å². The van der Waals surface area contributed by atoms with Gasteiger partial charge in [-0.15, -0.1) is 0 Å². The van der Waals surface area contributed by atoms with Crippen LogP contribution in [0.5, 0.6) is 0 Å². The van der Waals surface area contributed by atoms with E-state index in [4.69, 9.17) is 4.74 Å². The third-order valence-electron chi connectivity index (χ3n) is 3.34. The maximum atomic E-state index is 12.1. The fraction of sp³-hybridized carbons (Fsp3) is 0.643. The number of aromatic nitrogens is 2. The minimum Gasteiger partial charge on any atom is -0.384 e. The van der Waals surface area contributed by atoms with Crippen molar-refractivity contribution in [3.63, 3.8) is 0 Å². The van der Waals surface area contributed by atoms with Crippen molar-refractivity contribution in [2.75, 3.05) is 19.0 Å². The first-order chi connectivity index (χ1) is 8.87. The monoisotopic (exact) mass is 263 g/mol. The lowest BCUT2D eigenvalue weighted by atomic mass is 9.96. The third-order valence-corrected chi connectivity index (χ3v) is 3.34. The molecule has 0 unspecified atom stereocenters. The molecule has 1 aliphatic carbocycles. The summed E-state index contributed by atoms with van der Waals surface area (Å²) in [7, 11) is 1.62. The molecule has 5 heteroatoms. The molecule has 0 aromatic carbocycles. The molecule has 1 N–H and O–H groups in total. The molecule has 0 radical (unpaired) electrons. The number of carbonyl (C=O) groups excluding carboxylic acids is 1. The van der Waals surface area contributed by atoms with Gasteiger partial charge in [-0.3, -0.25) is 4.79 Å². The molecule has 104 valence electrons. The summed E-state index contributed by atoms with van der Waals surface area (Å²) in [4.78, 5) is 20.7. The number of hydrogen-bond acceptors (Lipinski definition) is 4. The van der Waals surface area contributed by atoms with Gasteiger partial charge in [0.1, 0.15) is 5.82 Å². The van der Waals surface area contributed by atoms with Crippen LogP contribution in [0.1, 0.15) is 39.4 Å². The van der Waals surface area contributed by atoms with Crippen molar-refractivity contribution in [1.29, 1.82) is 0 Å². The number of nitrogens with one attached hydrogen (secondary N) is 1. The number of methoxy groups -OCH3 is 1. The summed E-state index contributed by atoms with van der Waals surface area (Å²) in [5.74, 6) is 0.769. The summed E-state index contributed by atoms with van der Waals surface area (Å²) in [5.41, 5.74) is 0.216. The Hall–Kier alpha value is -1.49. The van der Waals surface area contributed by atoms with E-state index in [1.54, 1.807) is 19.5 Å². The fourth-order valence-electron chi connectivity index (χ4n) is 1.91. The van der Waals surface area contributed by atoms with Gasteiger partial charge in [0.05, 0.1) is 30.1 Å². The number of ether oxygens (including phenoxy) is 1. The first kappa shape index (κ1) is 13.9. The van der Waals surface area contributed by atoms with Crippen molar-refractivity contribution in [2.24, 2.45) is 5.41 Å². The van der Waals surface area contributed by atoms with Crippen LogP contribution in [-0.2, 0) is 14.9 Å². The first-order valence-corrected chi connectivity index (χ1v) is 6.50. The van der Waals surface area contributed by atoms with Crippen LogP contribution in [0.4, 0.5) is 5.69 Å². The molecule has 1 fully saturated rings. The SMILES string of the molecule is COCC1(C(=O)Nc2cnc(C(C)(C)C)nc2)CC1. The maximum Gasteiger partial charge on any atom is 0.233 e. The van der Waals surface area contributed by atoms with E-state index in [-0.39, 0.29) is 16.7 Å². The maximum absolute atomic E-state index is 12.1. The second kappa shape index (κ2) is 4.89. The molecular weight excluding hydrogens is 242 g/mol. The second-order valence-electron chi connectivity index (χ2n) is 6.21. The van der Waals surface area contributed by atoms with Gasteiger partial charge in [-0.2, -0.15) is 0 Å². The molecule has 1 saturated carbocycles. The van der Waals surface area contributed by atoms with Crippen LogP contribution >= 0.6 is 0 Å². The largest absolute Gasteiger partial charge is 0.384 e. The smallest absolute Gasteiger partial charge is 0.233 e. The van der Waals surface area contributed by atoms with Crippen molar-refractivity contribution < 1.29 is 9.53 Å². The van der Waals surface area contributed by atoms with Gasteiger partial charge in [0, 0.05) is 12.5 Å². The van der Waals surface area contributed by atoms with Crippen molar-refractivity contribution in [3.8, 4) is 0 Å². The molecule has 0 saturated heterocycles. The topological polar surface area (TPSA) is 64.1 Å². The zero-order valence-electron chi connectivity index (χ0n) is 12.0. The van der Waals surface area contributed by atoms with Crippen LogP contribution in [0, 0.1) is 5.41 Å². The van der Waals surface area contributed by atoms with Crippen molar-refractivity contribution in [2.45, 2.75) is 39.0 Å². The summed E-state index contributed by atoms with van der Waals surface area (Å²) < 4.78 is 5.10. The molecule has 1 heterocycles. The number of anilines is 1. The van der Waals surface area contributed by atoms with Gasteiger partial charge < -0.3 is 10.1 Å². The predicted octanol–water partition coefficient (Wildman–Crippen LogP) is 2.14. The number of carbonyl (C=O) groups is 1. The highest BCUT2D eigenvalue weighted by molar-refractivity contribution is 5.97. The minimum atomic E-state index is -0.336. The highest BCUT2D eigenvalue weighted by Gasteiger charge is 2.49. The Bertz CT molecular complexity index is 459. The van der Waals surface area contributed by atoms with Gasteiger partial charge in [0.25, 0.3) is 0 Å². The molecule has 2 rings (SSSR count). The van der Waals surface area contributed by atoms with Gasteiger partial charge in [-0.25, -0.2) is 9.97 Å². The quantitative estimate of drug-likeness (QED) is 0.904. The van der Waals surface area contributed by atoms with E-state index in [2.05, 4.69) is 36.1 Å². The van der Waals surface area contributed by atoms with Gasteiger partial charge in [-0.05, 0) is 12.8 Å². The van der Waals surface area contributed by atoms with Gasteiger partial charge >= 0.3 is 0 Å². The van der Waals surface area contributed by atoms with E-state index in [0.717, 1.165) is 18.7 Å². The first-order valence-electron chi connectivity index (χ1n) is 6.50. The lowest BCUT2D eigenvalue weighted by molar-refractivity contribution is -0.122. The fourth-order valence-corrected chi connectivity index (χ4v) is 1.91.